The Hall–Kier alpha value is -1.33. The van der Waals surface area contributed by atoms with Gasteiger partial charge < -0.3 is 15.2 Å². The summed E-state index contributed by atoms with van der Waals surface area (Å²) in [6.07, 6.45) is 5.74. The van der Waals surface area contributed by atoms with Gasteiger partial charge in [0.1, 0.15) is 17.0 Å². The highest BCUT2D eigenvalue weighted by Crippen LogP contribution is 2.30. The Bertz CT molecular complexity index is 467. The van der Waals surface area contributed by atoms with Gasteiger partial charge in [-0.3, -0.25) is 5.41 Å². The van der Waals surface area contributed by atoms with Crippen molar-refractivity contribution in [2.24, 2.45) is 5.73 Å². The summed E-state index contributed by atoms with van der Waals surface area (Å²) in [6, 6.07) is 1.61. The number of amidine groups is 1. The van der Waals surface area contributed by atoms with E-state index < -0.39 is 0 Å². The van der Waals surface area contributed by atoms with Gasteiger partial charge in [-0.05, 0) is 25.3 Å². The van der Waals surface area contributed by atoms with Gasteiger partial charge in [-0.2, -0.15) is 0 Å². The number of hydrogen-bond acceptors (Lipinski definition) is 4. The second-order valence-corrected chi connectivity index (χ2v) is 5.03. The lowest BCUT2D eigenvalue weighted by Crippen LogP contribution is -2.30. The fourth-order valence-corrected chi connectivity index (χ4v) is 2.55. The van der Waals surface area contributed by atoms with Crippen molar-refractivity contribution < 1.29 is 9.47 Å². The molecule has 0 radical (unpaired) electrons. The average molecular weight is 284 g/mol. The van der Waals surface area contributed by atoms with Crippen LogP contribution in [0.25, 0.3) is 0 Å². The van der Waals surface area contributed by atoms with Crippen LogP contribution in [-0.4, -0.2) is 30.1 Å². The molecule has 2 atom stereocenters. The number of nitrogens with zero attached hydrogens (tertiary/aromatic N) is 1. The van der Waals surface area contributed by atoms with E-state index in [0.717, 1.165) is 25.7 Å². The molecule has 0 aromatic carbocycles. The van der Waals surface area contributed by atoms with Crippen LogP contribution in [0.2, 0.25) is 5.02 Å². The van der Waals surface area contributed by atoms with Crippen LogP contribution in [0.3, 0.4) is 0 Å². The van der Waals surface area contributed by atoms with Gasteiger partial charge in [-0.1, -0.05) is 11.6 Å². The third kappa shape index (κ3) is 3.36. The summed E-state index contributed by atoms with van der Waals surface area (Å²) in [5, 5.41) is 7.74. The molecule has 0 spiro atoms. The quantitative estimate of drug-likeness (QED) is 0.656. The van der Waals surface area contributed by atoms with E-state index >= 15 is 0 Å². The Balaban J connectivity index is 2.10. The van der Waals surface area contributed by atoms with E-state index in [-0.39, 0.29) is 18.0 Å². The van der Waals surface area contributed by atoms with Gasteiger partial charge in [0, 0.05) is 25.3 Å². The molecule has 1 heterocycles. The Morgan fingerprint density at radius 1 is 1.47 bits per heavy atom. The van der Waals surface area contributed by atoms with Gasteiger partial charge in [0.25, 0.3) is 0 Å². The van der Waals surface area contributed by atoms with Crippen LogP contribution < -0.4 is 10.5 Å². The van der Waals surface area contributed by atoms with E-state index in [9.17, 15) is 0 Å². The van der Waals surface area contributed by atoms with Crippen molar-refractivity contribution in [2.75, 3.05) is 7.11 Å². The van der Waals surface area contributed by atoms with E-state index in [0.29, 0.717) is 16.5 Å². The van der Waals surface area contributed by atoms with Crippen LogP contribution in [0.5, 0.6) is 5.88 Å². The van der Waals surface area contributed by atoms with Crippen molar-refractivity contribution >= 4 is 17.4 Å². The summed E-state index contributed by atoms with van der Waals surface area (Å²) >= 11 is 6.15. The van der Waals surface area contributed by atoms with Crippen LogP contribution in [0, 0.1) is 5.41 Å². The molecular weight excluding hydrogens is 266 g/mol. The maximum Gasteiger partial charge on any atom is 0.233 e. The molecule has 0 aliphatic heterocycles. The molecule has 0 saturated heterocycles. The van der Waals surface area contributed by atoms with Crippen LogP contribution in [0.15, 0.2) is 12.3 Å². The Kier molecular flexibility index (Phi) is 4.61. The molecule has 1 fully saturated rings. The monoisotopic (exact) mass is 283 g/mol. The Morgan fingerprint density at radius 3 is 2.89 bits per heavy atom. The zero-order valence-corrected chi connectivity index (χ0v) is 11.6. The molecule has 2 rings (SSSR count). The number of rotatable bonds is 4. The van der Waals surface area contributed by atoms with E-state index in [1.165, 1.54) is 0 Å². The summed E-state index contributed by atoms with van der Waals surface area (Å²) < 4.78 is 11.2. The van der Waals surface area contributed by atoms with E-state index in [1.54, 1.807) is 19.4 Å². The first kappa shape index (κ1) is 14.1. The molecule has 5 nitrogen and oxygen atoms in total. The zero-order valence-electron chi connectivity index (χ0n) is 10.9. The smallest absolute Gasteiger partial charge is 0.233 e. The summed E-state index contributed by atoms with van der Waals surface area (Å²) in [5.41, 5.74) is 5.91. The summed E-state index contributed by atoms with van der Waals surface area (Å²) in [4.78, 5) is 4.12. The van der Waals surface area contributed by atoms with Crippen LogP contribution in [0.1, 0.15) is 31.2 Å². The van der Waals surface area contributed by atoms with Crippen molar-refractivity contribution in [3.8, 4) is 5.88 Å². The first-order chi connectivity index (χ1) is 9.11. The Morgan fingerprint density at radius 2 is 2.21 bits per heavy atom. The average Bonchev–Trinajstić information content (AvgIpc) is 2.41. The highest BCUT2D eigenvalue weighted by molar-refractivity contribution is 6.35. The fraction of sp³-hybridized carbons (Fsp3) is 0.538. The maximum atomic E-state index is 7.44. The number of pyridine rings is 1. The molecule has 0 amide bonds. The minimum absolute atomic E-state index is 0.0471. The van der Waals surface area contributed by atoms with E-state index in [1.807, 2.05) is 0 Å². The molecule has 1 aliphatic carbocycles. The summed E-state index contributed by atoms with van der Waals surface area (Å²) in [7, 11) is 1.72. The third-order valence-corrected chi connectivity index (χ3v) is 3.70. The second-order valence-electron chi connectivity index (χ2n) is 4.66. The minimum atomic E-state index is -0.0873. The van der Waals surface area contributed by atoms with Crippen LogP contribution >= 0.6 is 11.6 Å². The molecule has 0 bridgehead atoms. The molecular formula is C13H18ClN3O2. The SMILES string of the molecule is COC1CCCC(Oc2nccc(C(=N)N)c2Cl)C1. The van der Waals surface area contributed by atoms with E-state index in [2.05, 4.69) is 4.98 Å². The number of hydrogen-bond donors (Lipinski definition) is 2. The number of nitrogens with two attached hydrogens (primary N) is 1. The molecule has 1 aromatic heterocycles. The number of methoxy groups -OCH3 is 1. The molecule has 19 heavy (non-hydrogen) atoms. The molecule has 1 saturated carbocycles. The first-order valence-corrected chi connectivity index (χ1v) is 6.68. The number of ether oxygens (including phenoxy) is 2. The van der Waals surface area contributed by atoms with Crippen LogP contribution in [0.4, 0.5) is 0 Å². The summed E-state index contributed by atoms with van der Waals surface area (Å²) in [5.74, 6) is 0.256. The number of nitrogens with one attached hydrogen (secondary N) is 1. The number of aromatic nitrogens is 1. The highest BCUT2D eigenvalue weighted by Gasteiger charge is 2.24. The first-order valence-electron chi connectivity index (χ1n) is 6.30. The summed E-state index contributed by atoms with van der Waals surface area (Å²) in [6.45, 7) is 0. The fourth-order valence-electron chi connectivity index (χ4n) is 2.30. The predicted octanol–water partition coefficient (Wildman–Crippen LogP) is 2.36. The largest absolute Gasteiger partial charge is 0.473 e. The van der Waals surface area contributed by atoms with Gasteiger partial charge in [0.15, 0.2) is 0 Å². The molecule has 104 valence electrons. The van der Waals surface area contributed by atoms with Crippen molar-refractivity contribution in [2.45, 2.75) is 37.9 Å². The maximum absolute atomic E-state index is 7.44. The van der Waals surface area contributed by atoms with E-state index in [4.69, 9.17) is 32.2 Å². The van der Waals surface area contributed by atoms with Crippen molar-refractivity contribution in [3.63, 3.8) is 0 Å². The molecule has 1 aliphatic rings. The van der Waals surface area contributed by atoms with Gasteiger partial charge in [0.05, 0.1) is 6.10 Å². The lowest BCUT2D eigenvalue weighted by atomic mass is 9.95. The van der Waals surface area contributed by atoms with Gasteiger partial charge >= 0.3 is 0 Å². The van der Waals surface area contributed by atoms with Crippen molar-refractivity contribution in [1.29, 1.82) is 5.41 Å². The lowest BCUT2D eigenvalue weighted by Gasteiger charge is -2.28. The van der Waals surface area contributed by atoms with Crippen LogP contribution in [-0.2, 0) is 4.74 Å². The predicted molar refractivity (Wildman–Crippen MR) is 73.9 cm³/mol. The van der Waals surface area contributed by atoms with Gasteiger partial charge in [-0.25, -0.2) is 4.98 Å². The lowest BCUT2D eigenvalue weighted by molar-refractivity contribution is 0.0195. The normalized spacial score (nSPS) is 23.1. The van der Waals surface area contributed by atoms with Crippen molar-refractivity contribution in [3.05, 3.63) is 22.8 Å². The van der Waals surface area contributed by atoms with Gasteiger partial charge in [0.2, 0.25) is 5.88 Å². The standard InChI is InChI=1S/C13H18ClN3O2/c1-18-8-3-2-4-9(7-8)19-13-11(14)10(12(15)16)5-6-17-13/h5-6,8-9H,2-4,7H2,1H3,(H3,15,16). The zero-order chi connectivity index (χ0) is 13.8. The highest BCUT2D eigenvalue weighted by atomic mass is 35.5. The topological polar surface area (TPSA) is 81.2 Å². The van der Waals surface area contributed by atoms with Gasteiger partial charge in [-0.15, -0.1) is 0 Å². The third-order valence-electron chi connectivity index (χ3n) is 3.34. The molecule has 6 heteroatoms. The molecule has 2 unspecified atom stereocenters. The second kappa shape index (κ2) is 6.21. The number of halogens is 1. The number of nitrogen functional groups attached to an aromatic ring is 1. The van der Waals surface area contributed by atoms with Crippen molar-refractivity contribution in [1.82, 2.24) is 4.98 Å². The molecule has 3 N–H and O–H groups in total. The minimum Gasteiger partial charge on any atom is -0.473 e. The Labute approximate surface area is 117 Å². The molecule has 1 aromatic rings.